The lowest BCUT2D eigenvalue weighted by atomic mass is 9.89. The maximum absolute atomic E-state index is 12.7. The molecule has 0 unspecified atom stereocenters. The quantitative estimate of drug-likeness (QED) is 0.843. The lowest BCUT2D eigenvalue weighted by Crippen LogP contribution is -2.54. The molecule has 4 heteroatoms. The monoisotopic (exact) mass is 303 g/mol. The number of hydrogen-bond acceptors (Lipinski definition) is 3. The van der Waals surface area contributed by atoms with E-state index in [0.29, 0.717) is 26.1 Å². The molecule has 2 heterocycles. The van der Waals surface area contributed by atoms with E-state index in [0.717, 1.165) is 12.2 Å². The zero-order valence-electron chi connectivity index (χ0n) is 13.7. The molecule has 2 atom stereocenters. The fraction of sp³-hybridized carbons (Fsp3) is 0.611. The predicted octanol–water partition coefficient (Wildman–Crippen LogP) is 2.97. The highest BCUT2D eigenvalue weighted by Gasteiger charge is 2.35. The van der Waals surface area contributed by atoms with Gasteiger partial charge in [-0.05, 0) is 44.7 Å². The number of nitrogens with zero attached hydrogens (tertiary/aromatic N) is 1. The van der Waals surface area contributed by atoms with Crippen LogP contribution < -0.4 is 4.74 Å². The van der Waals surface area contributed by atoms with Crippen molar-refractivity contribution in [1.82, 2.24) is 4.90 Å². The second-order valence-corrected chi connectivity index (χ2v) is 7.04. The van der Waals surface area contributed by atoms with Gasteiger partial charge in [-0.2, -0.15) is 0 Å². The van der Waals surface area contributed by atoms with Crippen molar-refractivity contribution in [2.45, 2.75) is 51.2 Å². The molecular formula is C18H25NO3. The van der Waals surface area contributed by atoms with Crippen LogP contribution in [0.4, 0.5) is 0 Å². The van der Waals surface area contributed by atoms with Crippen LogP contribution >= 0.6 is 0 Å². The minimum atomic E-state index is -0.263. The van der Waals surface area contributed by atoms with Crippen LogP contribution in [-0.2, 0) is 9.53 Å². The number of rotatable bonds is 2. The maximum atomic E-state index is 12.7. The summed E-state index contributed by atoms with van der Waals surface area (Å²) in [5, 5.41) is 0. The molecule has 2 aliphatic rings. The number of carbonyl (C=O) groups is 1. The van der Waals surface area contributed by atoms with Gasteiger partial charge in [0.2, 0.25) is 5.91 Å². The van der Waals surface area contributed by atoms with Crippen LogP contribution in [0.25, 0.3) is 0 Å². The average Bonchev–Trinajstić information content (AvgIpc) is 2.45. The Morgan fingerprint density at radius 2 is 2.14 bits per heavy atom. The lowest BCUT2D eigenvalue weighted by molar-refractivity contribution is -0.158. The number of hydrogen-bond donors (Lipinski definition) is 0. The van der Waals surface area contributed by atoms with Gasteiger partial charge in [0.25, 0.3) is 0 Å². The maximum Gasteiger partial charge on any atom is 0.223 e. The van der Waals surface area contributed by atoms with Crippen molar-refractivity contribution in [2.24, 2.45) is 0 Å². The Labute approximate surface area is 132 Å². The molecule has 0 radical (unpaired) electrons. The second-order valence-electron chi connectivity index (χ2n) is 7.04. The predicted molar refractivity (Wildman–Crippen MR) is 85.1 cm³/mol. The summed E-state index contributed by atoms with van der Waals surface area (Å²) < 4.78 is 11.6. The Hall–Kier alpha value is -1.55. The summed E-state index contributed by atoms with van der Waals surface area (Å²) in [6.07, 6.45) is 1.56. The first-order chi connectivity index (χ1) is 10.4. The van der Waals surface area contributed by atoms with E-state index in [1.54, 1.807) is 0 Å². The summed E-state index contributed by atoms with van der Waals surface area (Å²) in [5.74, 6) is 1.42. The van der Waals surface area contributed by atoms with Crippen LogP contribution in [0.5, 0.6) is 5.75 Å². The number of ether oxygens (including phenoxy) is 2. The fourth-order valence-electron chi connectivity index (χ4n) is 3.61. The van der Waals surface area contributed by atoms with E-state index in [-0.39, 0.29) is 23.5 Å². The summed E-state index contributed by atoms with van der Waals surface area (Å²) in [7, 11) is 0. The van der Waals surface area contributed by atoms with Crippen LogP contribution in [0.15, 0.2) is 24.3 Å². The third-order valence-corrected chi connectivity index (χ3v) is 4.43. The van der Waals surface area contributed by atoms with Gasteiger partial charge in [0, 0.05) is 19.5 Å². The van der Waals surface area contributed by atoms with Crippen LogP contribution in [0.1, 0.15) is 45.1 Å². The molecule has 0 bridgehead atoms. The number of morpholine rings is 1. The molecule has 0 saturated carbocycles. The van der Waals surface area contributed by atoms with Crippen LogP contribution in [0, 0.1) is 0 Å². The molecule has 120 valence electrons. The lowest BCUT2D eigenvalue weighted by Gasteiger charge is -2.42. The first kappa shape index (κ1) is 15.3. The van der Waals surface area contributed by atoms with Gasteiger partial charge in [-0.3, -0.25) is 4.79 Å². The van der Waals surface area contributed by atoms with Gasteiger partial charge in [0.05, 0.1) is 18.3 Å². The molecule has 2 aliphatic heterocycles. The van der Waals surface area contributed by atoms with Crippen LogP contribution in [0.2, 0.25) is 0 Å². The van der Waals surface area contributed by atoms with E-state index in [1.165, 1.54) is 5.56 Å². The highest BCUT2D eigenvalue weighted by Crippen LogP contribution is 2.36. The third-order valence-electron chi connectivity index (χ3n) is 4.43. The van der Waals surface area contributed by atoms with Crippen molar-refractivity contribution in [1.29, 1.82) is 0 Å². The Balaban J connectivity index is 1.70. The minimum Gasteiger partial charge on any atom is -0.493 e. The molecule has 1 saturated heterocycles. The number of para-hydroxylation sites is 1. The van der Waals surface area contributed by atoms with Crippen molar-refractivity contribution < 1.29 is 14.3 Å². The van der Waals surface area contributed by atoms with Crippen molar-refractivity contribution in [3.63, 3.8) is 0 Å². The molecule has 1 aromatic rings. The molecule has 0 aromatic heterocycles. The van der Waals surface area contributed by atoms with Gasteiger partial charge >= 0.3 is 0 Å². The molecule has 22 heavy (non-hydrogen) atoms. The Morgan fingerprint density at radius 3 is 2.91 bits per heavy atom. The molecule has 0 spiro atoms. The first-order valence-electron chi connectivity index (χ1n) is 8.12. The molecule has 0 aliphatic carbocycles. The number of fused-ring (bicyclic) bond motifs is 1. The molecule has 4 nitrogen and oxygen atoms in total. The normalized spacial score (nSPS) is 27.0. The minimum absolute atomic E-state index is 0.0923. The summed E-state index contributed by atoms with van der Waals surface area (Å²) >= 11 is 0. The van der Waals surface area contributed by atoms with Gasteiger partial charge in [0.1, 0.15) is 5.75 Å². The van der Waals surface area contributed by atoms with E-state index in [4.69, 9.17) is 9.47 Å². The van der Waals surface area contributed by atoms with Crippen molar-refractivity contribution in [3.05, 3.63) is 29.8 Å². The fourth-order valence-corrected chi connectivity index (χ4v) is 3.61. The average molecular weight is 303 g/mol. The zero-order chi connectivity index (χ0) is 15.7. The highest BCUT2D eigenvalue weighted by atomic mass is 16.5. The number of carbonyl (C=O) groups excluding carboxylic acids is 1. The van der Waals surface area contributed by atoms with Crippen molar-refractivity contribution >= 4 is 5.91 Å². The van der Waals surface area contributed by atoms with E-state index in [1.807, 2.05) is 43.9 Å². The standard InChI is InChI=1S/C18H25NO3/c1-13-11-19(12-18(2,3)22-13)17(20)10-14-8-9-21-16-7-5-4-6-15(14)16/h4-7,13-14H,8-12H2,1-3H3/t13-,14+/m1/s1. The topological polar surface area (TPSA) is 38.8 Å². The van der Waals surface area contributed by atoms with Gasteiger partial charge in [-0.25, -0.2) is 0 Å². The first-order valence-corrected chi connectivity index (χ1v) is 8.12. The number of amides is 1. The van der Waals surface area contributed by atoms with E-state index in [2.05, 4.69) is 6.07 Å². The SMILES string of the molecule is C[C@@H]1CN(C(=O)C[C@@H]2CCOc3ccccc32)CC(C)(C)O1. The largest absolute Gasteiger partial charge is 0.493 e. The molecule has 0 N–H and O–H groups in total. The van der Waals surface area contributed by atoms with E-state index in [9.17, 15) is 4.79 Å². The van der Waals surface area contributed by atoms with Gasteiger partial charge in [0.15, 0.2) is 0 Å². The summed E-state index contributed by atoms with van der Waals surface area (Å²) in [6, 6.07) is 8.07. The summed E-state index contributed by atoms with van der Waals surface area (Å²) in [5.41, 5.74) is 0.906. The highest BCUT2D eigenvalue weighted by molar-refractivity contribution is 5.77. The molecule has 1 amide bonds. The smallest absolute Gasteiger partial charge is 0.223 e. The molecular weight excluding hydrogens is 278 g/mol. The van der Waals surface area contributed by atoms with Gasteiger partial charge in [-0.1, -0.05) is 18.2 Å². The Bertz CT molecular complexity index is 555. The molecule has 1 aromatic carbocycles. The van der Waals surface area contributed by atoms with Crippen LogP contribution in [0.3, 0.4) is 0 Å². The third kappa shape index (κ3) is 3.27. The van der Waals surface area contributed by atoms with Crippen molar-refractivity contribution in [2.75, 3.05) is 19.7 Å². The molecule has 1 fully saturated rings. The number of benzene rings is 1. The summed E-state index contributed by atoms with van der Waals surface area (Å²) in [6.45, 7) is 8.18. The zero-order valence-corrected chi connectivity index (χ0v) is 13.7. The Kier molecular flexibility index (Phi) is 4.13. The van der Waals surface area contributed by atoms with Crippen LogP contribution in [-0.4, -0.2) is 42.2 Å². The van der Waals surface area contributed by atoms with E-state index >= 15 is 0 Å². The molecule has 3 rings (SSSR count). The summed E-state index contributed by atoms with van der Waals surface area (Å²) in [4.78, 5) is 14.7. The van der Waals surface area contributed by atoms with Gasteiger partial charge in [-0.15, -0.1) is 0 Å². The van der Waals surface area contributed by atoms with Crippen molar-refractivity contribution in [3.8, 4) is 5.75 Å². The van der Waals surface area contributed by atoms with Gasteiger partial charge < -0.3 is 14.4 Å². The Morgan fingerprint density at radius 1 is 1.36 bits per heavy atom. The second kappa shape index (κ2) is 5.92. The van der Waals surface area contributed by atoms with E-state index < -0.39 is 0 Å².